The lowest BCUT2D eigenvalue weighted by atomic mass is 10.1. The Morgan fingerprint density at radius 1 is 1.00 bits per heavy atom. The number of anilines is 1. The Bertz CT molecular complexity index is 780. The summed E-state index contributed by atoms with van der Waals surface area (Å²) in [5.74, 6) is -1.87. The summed E-state index contributed by atoms with van der Waals surface area (Å²) in [5, 5.41) is 0. The van der Waals surface area contributed by atoms with Crippen molar-refractivity contribution >= 4 is 16.7 Å². The van der Waals surface area contributed by atoms with Gasteiger partial charge in [0, 0.05) is 6.07 Å². The van der Waals surface area contributed by atoms with E-state index < -0.39 is 17.5 Å². The highest BCUT2D eigenvalue weighted by atomic mass is 19.1. The number of H-pyrrole nitrogens is 1. The van der Waals surface area contributed by atoms with Gasteiger partial charge in [0.25, 0.3) is 0 Å². The number of benzene rings is 2. The molecule has 3 N–H and O–H groups in total. The summed E-state index contributed by atoms with van der Waals surface area (Å²) in [6.45, 7) is 0. The lowest BCUT2D eigenvalue weighted by molar-refractivity contribution is 0.588. The summed E-state index contributed by atoms with van der Waals surface area (Å²) in [7, 11) is 0. The molecule has 3 rings (SSSR count). The van der Waals surface area contributed by atoms with Gasteiger partial charge >= 0.3 is 0 Å². The van der Waals surface area contributed by atoms with Crippen LogP contribution in [0.1, 0.15) is 0 Å². The van der Waals surface area contributed by atoms with Crippen LogP contribution in [0.3, 0.4) is 0 Å². The molecule has 0 aliphatic heterocycles. The number of hydrogen-bond acceptors (Lipinski definition) is 2. The summed E-state index contributed by atoms with van der Waals surface area (Å²) < 4.78 is 39.8. The summed E-state index contributed by atoms with van der Waals surface area (Å²) in [4.78, 5) is 6.89. The van der Waals surface area contributed by atoms with Crippen LogP contribution in [0.4, 0.5) is 18.9 Å². The molecule has 0 radical (unpaired) electrons. The van der Waals surface area contributed by atoms with Gasteiger partial charge in [0.2, 0.25) is 0 Å². The molecule has 19 heavy (non-hydrogen) atoms. The molecule has 0 bridgehead atoms. The van der Waals surface area contributed by atoms with Crippen molar-refractivity contribution < 1.29 is 13.2 Å². The number of aromatic nitrogens is 2. The molecule has 0 fully saturated rings. The molecule has 0 unspecified atom stereocenters. The largest absolute Gasteiger partial charge is 0.396 e. The number of nitrogens with two attached hydrogens (primary N) is 1. The van der Waals surface area contributed by atoms with E-state index in [9.17, 15) is 13.2 Å². The minimum atomic E-state index is -0.830. The van der Waals surface area contributed by atoms with Gasteiger partial charge in [0.05, 0.1) is 22.3 Å². The molecule has 0 saturated heterocycles. The zero-order valence-electron chi connectivity index (χ0n) is 9.55. The number of nitrogen functional groups attached to an aromatic ring is 1. The predicted octanol–water partition coefficient (Wildman–Crippen LogP) is 3.23. The topological polar surface area (TPSA) is 54.7 Å². The highest BCUT2D eigenvalue weighted by Gasteiger charge is 2.13. The average Bonchev–Trinajstić information content (AvgIpc) is 2.76. The summed E-state index contributed by atoms with van der Waals surface area (Å²) in [6.07, 6.45) is 0. The van der Waals surface area contributed by atoms with Crippen LogP contribution in [-0.4, -0.2) is 9.97 Å². The standard InChI is InChI=1S/C13H8F3N3/c14-6-1-2-11-12(3-6)19-13(18-11)7-4-10(17)9(16)5-8(7)15/h1-5H,17H2,(H,18,19). The van der Waals surface area contributed by atoms with Crippen molar-refractivity contribution in [3.8, 4) is 11.4 Å². The van der Waals surface area contributed by atoms with E-state index in [2.05, 4.69) is 9.97 Å². The summed E-state index contributed by atoms with van der Waals surface area (Å²) in [5.41, 5.74) is 6.17. The van der Waals surface area contributed by atoms with E-state index in [1.54, 1.807) is 0 Å². The molecule has 0 atom stereocenters. The maximum atomic E-state index is 13.7. The highest BCUT2D eigenvalue weighted by Crippen LogP contribution is 2.26. The van der Waals surface area contributed by atoms with Crippen LogP contribution in [-0.2, 0) is 0 Å². The number of imidazole rings is 1. The average molecular weight is 263 g/mol. The fraction of sp³-hybridized carbons (Fsp3) is 0. The molecule has 0 spiro atoms. The van der Waals surface area contributed by atoms with Crippen molar-refractivity contribution in [2.24, 2.45) is 0 Å². The van der Waals surface area contributed by atoms with Gasteiger partial charge in [-0.1, -0.05) is 0 Å². The maximum Gasteiger partial charge on any atom is 0.149 e. The summed E-state index contributed by atoms with van der Waals surface area (Å²) >= 11 is 0. The maximum absolute atomic E-state index is 13.7. The molecule has 2 aromatic carbocycles. The van der Waals surface area contributed by atoms with Gasteiger partial charge in [-0.05, 0) is 24.3 Å². The Hall–Kier alpha value is -2.50. The third-order valence-corrected chi connectivity index (χ3v) is 2.79. The molecule has 1 aromatic heterocycles. The van der Waals surface area contributed by atoms with Gasteiger partial charge < -0.3 is 10.7 Å². The predicted molar refractivity (Wildman–Crippen MR) is 65.8 cm³/mol. The minimum Gasteiger partial charge on any atom is -0.396 e. The Morgan fingerprint density at radius 2 is 1.79 bits per heavy atom. The first-order chi connectivity index (χ1) is 9.04. The number of halogens is 3. The minimum absolute atomic E-state index is 0.0375. The lowest BCUT2D eigenvalue weighted by Gasteiger charge is -2.02. The first kappa shape index (κ1) is 11.6. The van der Waals surface area contributed by atoms with Crippen LogP contribution in [0.15, 0.2) is 30.3 Å². The Labute approximate surface area is 105 Å². The fourth-order valence-corrected chi connectivity index (χ4v) is 1.86. The monoisotopic (exact) mass is 263 g/mol. The first-order valence-electron chi connectivity index (χ1n) is 5.45. The van der Waals surface area contributed by atoms with E-state index in [0.717, 1.165) is 6.07 Å². The zero-order chi connectivity index (χ0) is 13.6. The second-order valence-electron chi connectivity index (χ2n) is 4.10. The molecule has 6 heteroatoms. The van der Waals surface area contributed by atoms with Gasteiger partial charge in [-0.25, -0.2) is 18.2 Å². The Balaban J connectivity index is 2.21. The molecule has 0 saturated carbocycles. The molecule has 96 valence electrons. The number of aromatic amines is 1. The van der Waals surface area contributed by atoms with Gasteiger partial charge in [0.15, 0.2) is 0 Å². The third kappa shape index (κ3) is 1.91. The van der Waals surface area contributed by atoms with Crippen molar-refractivity contribution in [3.05, 3.63) is 47.8 Å². The van der Waals surface area contributed by atoms with Crippen LogP contribution >= 0.6 is 0 Å². The van der Waals surface area contributed by atoms with Crippen LogP contribution < -0.4 is 5.73 Å². The van der Waals surface area contributed by atoms with Crippen molar-refractivity contribution in [1.29, 1.82) is 0 Å². The third-order valence-electron chi connectivity index (χ3n) is 2.79. The van der Waals surface area contributed by atoms with Gasteiger partial charge in [-0.2, -0.15) is 0 Å². The number of nitrogens with zero attached hydrogens (tertiary/aromatic N) is 1. The first-order valence-corrected chi connectivity index (χ1v) is 5.45. The van der Waals surface area contributed by atoms with E-state index in [-0.39, 0.29) is 17.1 Å². The quantitative estimate of drug-likeness (QED) is 0.662. The number of hydrogen-bond donors (Lipinski definition) is 2. The fourth-order valence-electron chi connectivity index (χ4n) is 1.86. The molecule has 3 aromatic rings. The van der Waals surface area contributed by atoms with Crippen molar-refractivity contribution in [2.75, 3.05) is 5.73 Å². The van der Waals surface area contributed by atoms with Crippen molar-refractivity contribution in [2.45, 2.75) is 0 Å². The van der Waals surface area contributed by atoms with Gasteiger partial charge in [0.1, 0.15) is 23.3 Å². The Kier molecular flexibility index (Phi) is 2.45. The van der Waals surface area contributed by atoms with E-state index in [0.29, 0.717) is 17.1 Å². The molecule has 3 nitrogen and oxygen atoms in total. The number of rotatable bonds is 1. The van der Waals surface area contributed by atoms with E-state index >= 15 is 0 Å². The van der Waals surface area contributed by atoms with E-state index in [1.165, 1.54) is 18.2 Å². The molecule has 0 amide bonds. The van der Waals surface area contributed by atoms with E-state index in [1.807, 2.05) is 0 Å². The van der Waals surface area contributed by atoms with Gasteiger partial charge in [-0.15, -0.1) is 0 Å². The second-order valence-corrected chi connectivity index (χ2v) is 4.10. The molecule has 0 aliphatic rings. The number of nitrogens with one attached hydrogen (secondary N) is 1. The highest BCUT2D eigenvalue weighted by molar-refractivity contribution is 5.80. The molecule has 0 aliphatic carbocycles. The van der Waals surface area contributed by atoms with Crippen LogP contribution in [0.2, 0.25) is 0 Å². The zero-order valence-corrected chi connectivity index (χ0v) is 9.55. The number of fused-ring (bicyclic) bond motifs is 1. The van der Waals surface area contributed by atoms with Crippen LogP contribution in [0.25, 0.3) is 22.4 Å². The van der Waals surface area contributed by atoms with Gasteiger partial charge in [-0.3, -0.25) is 0 Å². The molecule has 1 heterocycles. The second kappa shape index (κ2) is 4.01. The lowest BCUT2D eigenvalue weighted by Crippen LogP contribution is -1.95. The normalized spacial score (nSPS) is 11.1. The van der Waals surface area contributed by atoms with E-state index in [4.69, 9.17) is 5.73 Å². The molecular weight excluding hydrogens is 255 g/mol. The van der Waals surface area contributed by atoms with Crippen molar-refractivity contribution in [3.63, 3.8) is 0 Å². The van der Waals surface area contributed by atoms with Crippen LogP contribution in [0, 0.1) is 17.5 Å². The van der Waals surface area contributed by atoms with Crippen LogP contribution in [0.5, 0.6) is 0 Å². The molecular formula is C13H8F3N3. The SMILES string of the molecule is Nc1cc(-c2nc3ccc(F)cc3[nH]2)c(F)cc1F. The summed E-state index contributed by atoms with van der Waals surface area (Å²) in [6, 6.07) is 5.81. The Morgan fingerprint density at radius 3 is 2.58 bits per heavy atom. The smallest absolute Gasteiger partial charge is 0.149 e. The van der Waals surface area contributed by atoms with Crippen molar-refractivity contribution in [1.82, 2.24) is 9.97 Å².